The van der Waals surface area contributed by atoms with E-state index < -0.39 is 0 Å². The summed E-state index contributed by atoms with van der Waals surface area (Å²) in [6.07, 6.45) is 6.75. The molecule has 2 fully saturated rings. The quantitative estimate of drug-likeness (QED) is 0.548. The molecule has 0 amide bonds. The Kier molecular flexibility index (Phi) is 3.60. The van der Waals surface area contributed by atoms with Gasteiger partial charge in [-0.1, -0.05) is 13.3 Å². The van der Waals surface area contributed by atoms with Crippen LogP contribution in [0.3, 0.4) is 0 Å². The van der Waals surface area contributed by atoms with Crippen LogP contribution < -0.4 is 0 Å². The zero-order valence-electron chi connectivity index (χ0n) is 11.2. The number of epoxide rings is 1. The van der Waals surface area contributed by atoms with Crippen molar-refractivity contribution in [1.29, 1.82) is 0 Å². The minimum atomic E-state index is 0.0146. The predicted molar refractivity (Wildman–Crippen MR) is 65.9 cm³/mol. The third-order valence-electron chi connectivity index (χ3n) is 4.25. The normalized spacial score (nSPS) is 39.9. The summed E-state index contributed by atoms with van der Waals surface area (Å²) >= 11 is 0. The molecule has 1 saturated carbocycles. The summed E-state index contributed by atoms with van der Waals surface area (Å²) in [5.74, 6) is 0. The number of ether oxygens (including phenoxy) is 2. The van der Waals surface area contributed by atoms with E-state index in [1.165, 1.54) is 6.42 Å². The van der Waals surface area contributed by atoms with Gasteiger partial charge in [0.1, 0.15) is 12.4 Å². The highest BCUT2D eigenvalue weighted by Crippen LogP contribution is 2.41. The van der Waals surface area contributed by atoms with Gasteiger partial charge in [0.05, 0.1) is 18.3 Å². The molecule has 0 aromatic heterocycles. The van der Waals surface area contributed by atoms with Crippen molar-refractivity contribution in [3.63, 3.8) is 0 Å². The van der Waals surface area contributed by atoms with Crippen molar-refractivity contribution in [2.75, 3.05) is 6.61 Å². The Morgan fingerprint density at radius 1 is 1.41 bits per heavy atom. The van der Waals surface area contributed by atoms with Crippen LogP contribution >= 0.6 is 0 Å². The lowest BCUT2D eigenvalue weighted by Crippen LogP contribution is -2.32. The first-order valence-electron chi connectivity index (χ1n) is 6.68. The number of hydrogen-bond acceptors (Lipinski definition) is 3. The zero-order valence-corrected chi connectivity index (χ0v) is 11.2. The van der Waals surface area contributed by atoms with Crippen LogP contribution in [0.15, 0.2) is 0 Å². The monoisotopic (exact) mass is 240 g/mol. The molecule has 0 spiro atoms. The molecule has 17 heavy (non-hydrogen) atoms. The number of hydrogen-bond donors (Lipinski definition) is 0. The van der Waals surface area contributed by atoms with Gasteiger partial charge in [-0.2, -0.15) is 0 Å². The van der Waals surface area contributed by atoms with E-state index in [9.17, 15) is 4.79 Å². The summed E-state index contributed by atoms with van der Waals surface area (Å²) in [6.45, 7) is 7.10. The van der Waals surface area contributed by atoms with Crippen LogP contribution in [0.1, 0.15) is 52.9 Å². The summed E-state index contributed by atoms with van der Waals surface area (Å²) in [5, 5.41) is 0. The van der Waals surface area contributed by atoms with Crippen molar-refractivity contribution in [1.82, 2.24) is 0 Å². The fourth-order valence-electron chi connectivity index (χ4n) is 2.83. The Labute approximate surface area is 104 Å². The molecule has 2 unspecified atom stereocenters. The van der Waals surface area contributed by atoms with E-state index in [4.69, 9.17) is 9.47 Å². The summed E-state index contributed by atoms with van der Waals surface area (Å²) < 4.78 is 11.5. The summed E-state index contributed by atoms with van der Waals surface area (Å²) in [4.78, 5) is 10.7. The minimum absolute atomic E-state index is 0.0146. The molecule has 1 saturated heterocycles. The molecule has 3 atom stereocenters. The van der Waals surface area contributed by atoms with E-state index in [0.29, 0.717) is 19.1 Å². The van der Waals surface area contributed by atoms with Crippen LogP contribution in [0.4, 0.5) is 0 Å². The highest BCUT2D eigenvalue weighted by atomic mass is 16.6. The molecule has 98 valence electrons. The number of rotatable bonds is 5. The van der Waals surface area contributed by atoms with Crippen LogP contribution in [-0.4, -0.2) is 30.7 Å². The minimum Gasteiger partial charge on any atom is -0.375 e. The van der Waals surface area contributed by atoms with Gasteiger partial charge in [0.25, 0.3) is 0 Å². The van der Waals surface area contributed by atoms with Crippen LogP contribution in [-0.2, 0) is 14.3 Å². The Balaban J connectivity index is 1.76. The van der Waals surface area contributed by atoms with Crippen molar-refractivity contribution >= 4 is 6.29 Å². The maximum absolute atomic E-state index is 10.7. The summed E-state index contributed by atoms with van der Waals surface area (Å²) in [7, 11) is 0. The summed E-state index contributed by atoms with van der Waals surface area (Å²) in [6, 6.07) is 0. The smallest absolute Gasteiger partial charge is 0.120 e. The number of carbonyl (C=O) groups is 1. The van der Waals surface area contributed by atoms with E-state index >= 15 is 0 Å². The van der Waals surface area contributed by atoms with E-state index in [0.717, 1.165) is 25.5 Å². The second-order valence-electron chi connectivity index (χ2n) is 6.44. The van der Waals surface area contributed by atoms with Gasteiger partial charge in [-0.15, -0.1) is 0 Å². The van der Waals surface area contributed by atoms with E-state index in [1.54, 1.807) is 0 Å². The molecule has 0 N–H and O–H groups in total. The van der Waals surface area contributed by atoms with Crippen molar-refractivity contribution in [2.45, 2.75) is 70.7 Å². The molecule has 1 aliphatic carbocycles. The SMILES string of the molecule is CC1(CC=O)CCC[C@@H](OCC2OC2(C)C)C1. The topological polar surface area (TPSA) is 38.8 Å². The number of aldehydes is 1. The molecule has 0 radical (unpaired) electrons. The van der Waals surface area contributed by atoms with Gasteiger partial charge in [-0.25, -0.2) is 0 Å². The molecule has 0 aromatic rings. The second kappa shape index (κ2) is 4.69. The first kappa shape index (κ1) is 13.0. The van der Waals surface area contributed by atoms with Crippen LogP contribution in [0.25, 0.3) is 0 Å². The average Bonchev–Trinajstić information content (AvgIpc) is 2.84. The Morgan fingerprint density at radius 2 is 2.12 bits per heavy atom. The highest BCUT2D eigenvalue weighted by Gasteiger charge is 2.48. The predicted octanol–water partition coefficient (Wildman–Crippen LogP) is 2.72. The molecule has 3 nitrogen and oxygen atoms in total. The first-order chi connectivity index (χ1) is 7.95. The number of carbonyl (C=O) groups excluding carboxylic acids is 1. The van der Waals surface area contributed by atoms with Gasteiger partial charge < -0.3 is 14.3 Å². The Hall–Kier alpha value is -0.410. The molecule has 2 rings (SSSR count). The standard InChI is InChI=1S/C14H24O3/c1-13(2)12(17-13)10-16-11-5-4-6-14(3,9-11)7-8-15/h8,11-12H,4-7,9-10H2,1-3H3/t11-,12?,14?/m1/s1. The summed E-state index contributed by atoms with van der Waals surface area (Å²) in [5.41, 5.74) is 0.172. The third-order valence-corrected chi connectivity index (χ3v) is 4.25. The first-order valence-corrected chi connectivity index (χ1v) is 6.68. The van der Waals surface area contributed by atoms with E-state index in [2.05, 4.69) is 20.8 Å². The van der Waals surface area contributed by atoms with Crippen molar-refractivity contribution in [3.05, 3.63) is 0 Å². The second-order valence-corrected chi connectivity index (χ2v) is 6.44. The molecule has 1 aliphatic heterocycles. The molecule has 1 heterocycles. The van der Waals surface area contributed by atoms with Crippen molar-refractivity contribution < 1.29 is 14.3 Å². The average molecular weight is 240 g/mol. The lowest BCUT2D eigenvalue weighted by molar-refractivity contribution is -0.111. The Bertz CT molecular complexity index is 287. The largest absolute Gasteiger partial charge is 0.375 e. The molecular formula is C14H24O3. The van der Waals surface area contributed by atoms with Gasteiger partial charge in [-0.05, 0) is 38.5 Å². The zero-order chi connectivity index (χ0) is 12.5. The highest BCUT2D eigenvalue weighted by molar-refractivity contribution is 5.50. The van der Waals surface area contributed by atoms with E-state index in [-0.39, 0.29) is 17.1 Å². The Morgan fingerprint density at radius 3 is 2.71 bits per heavy atom. The lowest BCUT2D eigenvalue weighted by atomic mass is 9.72. The van der Waals surface area contributed by atoms with E-state index in [1.807, 2.05) is 0 Å². The maximum Gasteiger partial charge on any atom is 0.120 e. The van der Waals surface area contributed by atoms with Gasteiger partial charge in [0, 0.05) is 6.42 Å². The van der Waals surface area contributed by atoms with Gasteiger partial charge >= 0.3 is 0 Å². The van der Waals surface area contributed by atoms with Gasteiger partial charge in [0.2, 0.25) is 0 Å². The van der Waals surface area contributed by atoms with Crippen molar-refractivity contribution in [2.24, 2.45) is 5.41 Å². The van der Waals surface area contributed by atoms with Gasteiger partial charge in [0.15, 0.2) is 0 Å². The molecule has 2 aliphatic rings. The molecule has 0 aromatic carbocycles. The van der Waals surface area contributed by atoms with Crippen molar-refractivity contribution in [3.8, 4) is 0 Å². The van der Waals surface area contributed by atoms with Crippen LogP contribution in [0.2, 0.25) is 0 Å². The lowest BCUT2D eigenvalue weighted by Gasteiger charge is -2.36. The molecule has 3 heteroatoms. The maximum atomic E-state index is 10.7. The molecular weight excluding hydrogens is 216 g/mol. The van der Waals surface area contributed by atoms with Gasteiger partial charge in [-0.3, -0.25) is 0 Å². The fraction of sp³-hybridized carbons (Fsp3) is 0.929. The van der Waals surface area contributed by atoms with Crippen LogP contribution in [0, 0.1) is 5.41 Å². The fourth-order valence-corrected chi connectivity index (χ4v) is 2.83. The molecule has 0 bridgehead atoms. The van der Waals surface area contributed by atoms with Crippen LogP contribution in [0.5, 0.6) is 0 Å². The third kappa shape index (κ3) is 3.29.